The second kappa shape index (κ2) is 5.94. The number of hydrogen-bond donors (Lipinski definition) is 2. The van der Waals surface area contributed by atoms with E-state index in [4.69, 9.17) is 22.2 Å². The molecule has 1 aromatic heterocycles. The van der Waals surface area contributed by atoms with E-state index >= 15 is 0 Å². The van der Waals surface area contributed by atoms with Gasteiger partial charge in [0.05, 0.1) is 5.02 Å². The van der Waals surface area contributed by atoms with E-state index in [-0.39, 0.29) is 17.4 Å². The lowest BCUT2D eigenvalue weighted by Crippen LogP contribution is -2.30. The molecule has 0 unspecified atom stereocenters. The average Bonchev–Trinajstić information content (AvgIpc) is 2.78. The van der Waals surface area contributed by atoms with E-state index in [0.717, 1.165) is 11.3 Å². The quantitative estimate of drug-likeness (QED) is 0.512. The standard InChI is InChI=1S/C13H15ClN4O2/c1-8-3-4-11(9(2)5-8)20-7-18-6-10(14)12(17-18)13(19)16-15/h3-6H,7,15H2,1-2H3,(H,16,19). The van der Waals surface area contributed by atoms with Gasteiger partial charge in [0.1, 0.15) is 5.75 Å². The van der Waals surface area contributed by atoms with Crippen molar-refractivity contribution in [3.63, 3.8) is 0 Å². The van der Waals surface area contributed by atoms with Gasteiger partial charge < -0.3 is 4.74 Å². The Bertz CT molecular complexity index is 639. The summed E-state index contributed by atoms with van der Waals surface area (Å²) in [5.41, 5.74) is 4.25. The molecule has 0 aliphatic heterocycles. The smallest absolute Gasteiger partial charge is 0.287 e. The maximum absolute atomic E-state index is 11.4. The number of nitrogen functional groups attached to an aromatic ring is 1. The third kappa shape index (κ3) is 3.09. The van der Waals surface area contributed by atoms with Crippen molar-refractivity contribution in [3.05, 3.63) is 46.2 Å². The summed E-state index contributed by atoms with van der Waals surface area (Å²) >= 11 is 5.90. The van der Waals surface area contributed by atoms with Crippen LogP contribution in [0.2, 0.25) is 5.02 Å². The number of ether oxygens (including phenoxy) is 1. The number of benzene rings is 1. The molecule has 0 aliphatic rings. The first-order valence-corrected chi connectivity index (χ1v) is 6.33. The van der Waals surface area contributed by atoms with Crippen LogP contribution in [-0.4, -0.2) is 15.7 Å². The van der Waals surface area contributed by atoms with Crippen molar-refractivity contribution < 1.29 is 9.53 Å². The number of hydrazine groups is 1. The van der Waals surface area contributed by atoms with Gasteiger partial charge in [-0.05, 0) is 25.5 Å². The van der Waals surface area contributed by atoms with Gasteiger partial charge in [0.2, 0.25) is 0 Å². The molecule has 0 radical (unpaired) electrons. The molecule has 0 bridgehead atoms. The number of nitrogens with two attached hydrogens (primary N) is 1. The highest BCUT2D eigenvalue weighted by atomic mass is 35.5. The van der Waals surface area contributed by atoms with E-state index in [2.05, 4.69) is 5.10 Å². The number of rotatable bonds is 4. The van der Waals surface area contributed by atoms with E-state index in [1.54, 1.807) is 0 Å². The molecule has 106 valence electrons. The molecule has 7 heteroatoms. The van der Waals surface area contributed by atoms with Gasteiger partial charge in [0, 0.05) is 6.20 Å². The molecular weight excluding hydrogens is 280 g/mol. The van der Waals surface area contributed by atoms with Gasteiger partial charge in [0.25, 0.3) is 5.91 Å². The lowest BCUT2D eigenvalue weighted by molar-refractivity contribution is 0.0946. The Kier molecular flexibility index (Phi) is 4.26. The van der Waals surface area contributed by atoms with Crippen LogP contribution in [0.3, 0.4) is 0 Å². The van der Waals surface area contributed by atoms with Crippen LogP contribution in [-0.2, 0) is 6.73 Å². The summed E-state index contributed by atoms with van der Waals surface area (Å²) in [4.78, 5) is 11.4. The van der Waals surface area contributed by atoms with Crippen LogP contribution >= 0.6 is 11.6 Å². The Morgan fingerprint density at radius 2 is 2.25 bits per heavy atom. The molecule has 0 spiro atoms. The Labute approximate surface area is 121 Å². The number of amides is 1. The van der Waals surface area contributed by atoms with E-state index in [0.29, 0.717) is 0 Å². The maximum Gasteiger partial charge on any atom is 0.287 e. The lowest BCUT2D eigenvalue weighted by Gasteiger charge is -2.09. The van der Waals surface area contributed by atoms with Crippen molar-refractivity contribution in [3.8, 4) is 5.75 Å². The van der Waals surface area contributed by atoms with Crippen LogP contribution in [0.4, 0.5) is 0 Å². The molecule has 0 aliphatic carbocycles. The molecule has 20 heavy (non-hydrogen) atoms. The Hall–Kier alpha value is -2.05. The van der Waals surface area contributed by atoms with Gasteiger partial charge in [-0.2, -0.15) is 5.10 Å². The first-order valence-electron chi connectivity index (χ1n) is 5.95. The van der Waals surface area contributed by atoms with Crippen molar-refractivity contribution in [2.75, 3.05) is 0 Å². The Morgan fingerprint density at radius 1 is 1.50 bits per heavy atom. The summed E-state index contributed by atoms with van der Waals surface area (Å²) in [5, 5.41) is 4.23. The van der Waals surface area contributed by atoms with Crippen molar-refractivity contribution in [2.24, 2.45) is 5.84 Å². The molecule has 6 nitrogen and oxygen atoms in total. The number of halogens is 1. The normalized spacial score (nSPS) is 10.4. The zero-order valence-corrected chi connectivity index (χ0v) is 11.9. The molecule has 0 fully saturated rings. The topological polar surface area (TPSA) is 82.2 Å². The minimum absolute atomic E-state index is 0.0680. The predicted octanol–water partition coefficient (Wildman–Crippen LogP) is 1.79. The molecule has 2 rings (SSSR count). The van der Waals surface area contributed by atoms with Gasteiger partial charge in [-0.3, -0.25) is 10.2 Å². The zero-order valence-electron chi connectivity index (χ0n) is 11.2. The van der Waals surface area contributed by atoms with Gasteiger partial charge in [-0.15, -0.1) is 0 Å². The highest BCUT2D eigenvalue weighted by molar-refractivity contribution is 6.33. The molecule has 2 aromatic rings. The van der Waals surface area contributed by atoms with E-state index < -0.39 is 5.91 Å². The highest BCUT2D eigenvalue weighted by Gasteiger charge is 2.14. The van der Waals surface area contributed by atoms with Crippen LogP contribution in [0.1, 0.15) is 21.6 Å². The van der Waals surface area contributed by atoms with Crippen molar-refractivity contribution >= 4 is 17.5 Å². The summed E-state index contributed by atoms with van der Waals surface area (Å²) in [5.74, 6) is 5.26. The summed E-state index contributed by atoms with van der Waals surface area (Å²) < 4.78 is 7.08. The zero-order chi connectivity index (χ0) is 14.7. The van der Waals surface area contributed by atoms with Crippen LogP contribution in [0.5, 0.6) is 5.75 Å². The van der Waals surface area contributed by atoms with Crippen LogP contribution < -0.4 is 16.0 Å². The highest BCUT2D eigenvalue weighted by Crippen LogP contribution is 2.20. The predicted molar refractivity (Wildman–Crippen MR) is 75.4 cm³/mol. The minimum Gasteiger partial charge on any atom is -0.471 e. The van der Waals surface area contributed by atoms with Crippen molar-refractivity contribution in [1.82, 2.24) is 15.2 Å². The van der Waals surface area contributed by atoms with Crippen LogP contribution in [0.25, 0.3) is 0 Å². The summed E-state index contributed by atoms with van der Waals surface area (Å²) in [6.07, 6.45) is 1.51. The molecule has 0 atom stereocenters. The van der Waals surface area contributed by atoms with E-state index in [1.807, 2.05) is 37.5 Å². The number of aromatic nitrogens is 2. The van der Waals surface area contributed by atoms with E-state index in [1.165, 1.54) is 16.4 Å². The van der Waals surface area contributed by atoms with Gasteiger partial charge >= 0.3 is 0 Å². The second-order valence-corrected chi connectivity index (χ2v) is 4.79. The summed E-state index contributed by atoms with van der Waals surface area (Å²) in [6, 6.07) is 5.88. The molecule has 0 saturated heterocycles. The largest absolute Gasteiger partial charge is 0.471 e. The third-order valence-electron chi connectivity index (χ3n) is 2.75. The van der Waals surface area contributed by atoms with Crippen molar-refractivity contribution in [2.45, 2.75) is 20.6 Å². The number of carbonyl (C=O) groups excluding carboxylic acids is 1. The molecule has 1 heterocycles. The van der Waals surface area contributed by atoms with Gasteiger partial charge in [0.15, 0.2) is 12.4 Å². The Morgan fingerprint density at radius 3 is 2.90 bits per heavy atom. The molecule has 1 amide bonds. The first-order chi connectivity index (χ1) is 9.51. The Balaban J connectivity index is 2.09. The lowest BCUT2D eigenvalue weighted by atomic mass is 10.1. The summed E-state index contributed by atoms with van der Waals surface area (Å²) in [7, 11) is 0. The second-order valence-electron chi connectivity index (χ2n) is 4.38. The molecule has 0 saturated carbocycles. The fraction of sp³-hybridized carbons (Fsp3) is 0.231. The third-order valence-corrected chi connectivity index (χ3v) is 3.02. The first kappa shape index (κ1) is 14.4. The van der Waals surface area contributed by atoms with Gasteiger partial charge in [-0.25, -0.2) is 10.5 Å². The average molecular weight is 295 g/mol. The minimum atomic E-state index is -0.541. The monoisotopic (exact) mass is 294 g/mol. The number of carbonyl (C=O) groups is 1. The maximum atomic E-state index is 11.4. The fourth-order valence-corrected chi connectivity index (χ4v) is 2.02. The molecule has 1 aromatic carbocycles. The fourth-order valence-electron chi connectivity index (χ4n) is 1.78. The number of nitrogens with zero attached hydrogens (tertiary/aromatic N) is 2. The van der Waals surface area contributed by atoms with Crippen molar-refractivity contribution in [1.29, 1.82) is 0 Å². The summed E-state index contributed by atoms with van der Waals surface area (Å²) in [6.45, 7) is 4.13. The number of nitrogens with one attached hydrogen (secondary N) is 1. The molecular formula is C13H15ClN4O2. The number of hydrogen-bond acceptors (Lipinski definition) is 4. The van der Waals surface area contributed by atoms with Gasteiger partial charge in [-0.1, -0.05) is 29.3 Å². The molecule has 3 N–H and O–H groups in total. The number of aryl methyl sites for hydroxylation is 2. The van der Waals surface area contributed by atoms with E-state index in [9.17, 15) is 4.79 Å². The van der Waals surface area contributed by atoms with Crippen LogP contribution in [0.15, 0.2) is 24.4 Å². The van der Waals surface area contributed by atoms with Crippen LogP contribution in [0, 0.1) is 13.8 Å². The SMILES string of the molecule is Cc1ccc(OCn2cc(Cl)c(C(=O)NN)n2)c(C)c1.